The first-order valence-electron chi connectivity index (χ1n) is 11.3. The van der Waals surface area contributed by atoms with E-state index < -0.39 is 5.82 Å². The monoisotopic (exact) mass is 486 g/mol. The normalized spacial score (nSPS) is 11.2. The molecule has 0 saturated carbocycles. The number of anilines is 1. The Morgan fingerprint density at radius 3 is 2.60 bits per heavy atom. The number of aromatic nitrogens is 3. The predicted molar refractivity (Wildman–Crippen MR) is 138 cm³/mol. The third-order valence-corrected chi connectivity index (χ3v) is 6.71. The SMILES string of the molecule is Cc1c(C)n(Cc2ccccc2)c2ccc(C(=O)Nc3cnn(Cc4c(F)cccc4Cl)c3)cc12. The smallest absolute Gasteiger partial charge is 0.255 e. The van der Waals surface area contributed by atoms with Crippen molar-refractivity contribution in [1.82, 2.24) is 14.3 Å². The summed E-state index contributed by atoms with van der Waals surface area (Å²) in [4.78, 5) is 13.0. The van der Waals surface area contributed by atoms with E-state index in [1.54, 1.807) is 23.0 Å². The highest BCUT2D eigenvalue weighted by Crippen LogP contribution is 2.28. The van der Waals surface area contributed by atoms with Crippen molar-refractivity contribution in [2.24, 2.45) is 0 Å². The Labute approximate surface area is 207 Å². The number of halogens is 2. The number of aryl methyl sites for hydroxylation is 1. The van der Waals surface area contributed by atoms with E-state index in [0.717, 1.165) is 23.0 Å². The summed E-state index contributed by atoms with van der Waals surface area (Å²) < 4.78 is 17.9. The van der Waals surface area contributed by atoms with Crippen molar-refractivity contribution >= 4 is 34.1 Å². The van der Waals surface area contributed by atoms with Crippen LogP contribution in [0.3, 0.4) is 0 Å². The molecule has 5 rings (SSSR count). The molecule has 0 fully saturated rings. The summed E-state index contributed by atoms with van der Waals surface area (Å²) in [6.07, 6.45) is 3.20. The molecule has 0 unspecified atom stereocenters. The second kappa shape index (κ2) is 9.39. The summed E-state index contributed by atoms with van der Waals surface area (Å²) in [5.41, 5.74) is 6.08. The van der Waals surface area contributed by atoms with Gasteiger partial charge in [0.15, 0.2) is 0 Å². The van der Waals surface area contributed by atoms with Crippen LogP contribution in [-0.2, 0) is 13.1 Å². The van der Waals surface area contributed by atoms with Crippen LogP contribution in [0.1, 0.15) is 32.7 Å². The molecule has 3 aromatic carbocycles. The fourth-order valence-corrected chi connectivity index (χ4v) is 4.55. The molecule has 0 aliphatic carbocycles. The van der Waals surface area contributed by atoms with Gasteiger partial charge in [-0.05, 0) is 55.3 Å². The second-order valence-corrected chi connectivity index (χ2v) is 9.00. The topological polar surface area (TPSA) is 51.9 Å². The molecule has 1 amide bonds. The summed E-state index contributed by atoms with van der Waals surface area (Å²) in [7, 11) is 0. The van der Waals surface area contributed by atoms with E-state index in [-0.39, 0.29) is 12.5 Å². The maximum absolute atomic E-state index is 14.1. The number of amides is 1. The lowest BCUT2D eigenvalue weighted by Gasteiger charge is -2.09. The summed E-state index contributed by atoms with van der Waals surface area (Å²) >= 11 is 6.12. The van der Waals surface area contributed by atoms with Gasteiger partial charge in [0.1, 0.15) is 5.82 Å². The van der Waals surface area contributed by atoms with Crippen LogP contribution in [-0.4, -0.2) is 20.3 Å². The average Bonchev–Trinajstić information content (AvgIpc) is 3.39. The molecule has 0 bridgehead atoms. The maximum atomic E-state index is 14.1. The lowest BCUT2D eigenvalue weighted by Crippen LogP contribution is -2.11. The van der Waals surface area contributed by atoms with E-state index in [1.807, 2.05) is 36.4 Å². The quantitative estimate of drug-likeness (QED) is 0.294. The van der Waals surface area contributed by atoms with Crippen LogP contribution in [0.5, 0.6) is 0 Å². The lowest BCUT2D eigenvalue weighted by atomic mass is 10.1. The standard InChI is InChI=1S/C28H24ClFN4O/c1-18-19(2)34(15-20-7-4-3-5-8-20)27-12-11-21(13-23(18)27)28(35)32-22-14-31-33(16-22)17-24-25(29)9-6-10-26(24)30/h3-14,16H,15,17H2,1-2H3,(H,32,35). The van der Waals surface area contributed by atoms with Gasteiger partial charge in [-0.1, -0.05) is 48.0 Å². The number of hydrogen-bond acceptors (Lipinski definition) is 2. The van der Waals surface area contributed by atoms with Crippen LogP contribution >= 0.6 is 11.6 Å². The minimum absolute atomic E-state index is 0.167. The van der Waals surface area contributed by atoms with Gasteiger partial charge in [0.2, 0.25) is 0 Å². The van der Waals surface area contributed by atoms with Crippen molar-refractivity contribution in [1.29, 1.82) is 0 Å². The van der Waals surface area contributed by atoms with Crippen LogP contribution in [0.15, 0.2) is 79.1 Å². The molecule has 0 aliphatic rings. The van der Waals surface area contributed by atoms with Gasteiger partial charge in [0.25, 0.3) is 5.91 Å². The molecule has 5 nitrogen and oxygen atoms in total. The van der Waals surface area contributed by atoms with Gasteiger partial charge in [0.05, 0.1) is 18.4 Å². The van der Waals surface area contributed by atoms with Crippen molar-refractivity contribution in [3.05, 3.63) is 118 Å². The number of fused-ring (bicyclic) bond motifs is 1. The van der Waals surface area contributed by atoms with Gasteiger partial charge in [-0.3, -0.25) is 9.48 Å². The van der Waals surface area contributed by atoms with Crippen LogP contribution in [0.25, 0.3) is 10.9 Å². The first kappa shape index (κ1) is 22.9. The molecule has 0 atom stereocenters. The summed E-state index contributed by atoms with van der Waals surface area (Å²) in [5, 5.41) is 8.50. The fourth-order valence-electron chi connectivity index (χ4n) is 4.32. The van der Waals surface area contributed by atoms with Crippen LogP contribution in [0.4, 0.5) is 10.1 Å². The fraction of sp³-hybridized carbons (Fsp3) is 0.143. The minimum atomic E-state index is -0.392. The zero-order valence-electron chi connectivity index (χ0n) is 19.4. The zero-order chi connectivity index (χ0) is 24.5. The zero-order valence-corrected chi connectivity index (χ0v) is 20.2. The van der Waals surface area contributed by atoms with Gasteiger partial charge < -0.3 is 9.88 Å². The molecule has 0 spiro atoms. The highest BCUT2D eigenvalue weighted by molar-refractivity contribution is 6.31. The Morgan fingerprint density at radius 2 is 1.83 bits per heavy atom. The van der Waals surface area contributed by atoms with Gasteiger partial charge in [0, 0.05) is 45.5 Å². The van der Waals surface area contributed by atoms with E-state index in [2.05, 4.69) is 41.0 Å². The largest absolute Gasteiger partial charge is 0.340 e. The first-order chi connectivity index (χ1) is 16.9. The van der Waals surface area contributed by atoms with E-state index in [0.29, 0.717) is 21.8 Å². The molecule has 2 heterocycles. The second-order valence-electron chi connectivity index (χ2n) is 8.60. The lowest BCUT2D eigenvalue weighted by molar-refractivity contribution is 0.102. The average molecular weight is 487 g/mol. The molecule has 0 saturated heterocycles. The van der Waals surface area contributed by atoms with Gasteiger partial charge in [-0.15, -0.1) is 0 Å². The predicted octanol–water partition coefficient (Wildman–Crippen LogP) is 6.60. The molecule has 35 heavy (non-hydrogen) atoms. The van der Waals surface area contributed by atoms with Crippen molar-refractivity contribution in [3.8, 4) is 0 Å². The number of nitrogens with zero attached hydrogens (tertiary/aromatic N) is 3. The van der Waals surface area contributed by atoms with Crippen molar-refractivity contribution in [2.75, 3.05) is 5.32 Å². The number of hydrogen-bond donors (Lipinski definition) is 1. The Hall–Kier alpha value is -3.90. The van der Waals surface area contributed by atoms with E-state index in [1.165, 1.54) is 23.5 Å². The number of nitrogens with one attached hydrogen (secondary N) is 1. The van der Waals surface area contributed by atoms with Gasteiger partial charge in [-0.25, -0.2) is 4.39 Å². The molecule has 1 N–H and O–H groups in total. The van der Waals surface area contributed by atoms with Crippen LogP contribution in [0, 0.1) is 19.7 Å². The van der Waals surface area contributed by atoms with E-state index in [9.17, 15) is 9.18 Å². The molecule has 0 aliphatic heterocycles. The van der Waals surface area contributed by atoms with Crippen LogP contribution < -0.4 is 5.32 Å². The molecule has 0 radical (unpaired) electrons. The van der Waals surface area contributed by atoms with Crippen molar-refractivity contribution < 1.29 is 9.18 Å². The third kappa shape index (κ3) is 4.57. The van der Waals surface area contributed by atoms with E-state index in [4.69, 9.17) is 11.6 Å². The summed E-state index contributed by atoms with van der Waals surface area (Å²) in [6.45, 7) is 5.13. The Bertz CT molecular complexity index is 1520. The maximum Gasteiger partial charge on any atom is 0.255 e. The molecule has 7 heteroatoms. The minimum Gasteiger partial charge on any atom is -0.340 e. The molecular weight excluding hydrogens is 463 g/mol. The van der Waals surface area contributed by atoms with Crippen molar-refractivity contribution in [3.63, 3.8) is 0 Å². The Kier molecular flexibility index (Phi) is 6.14. The molecule has 5 aromatic rings. The molecule has 2 aromatic heterocycles. The number of carbonyl (C=O) groups excluding carboxylic acids is 1. The van der Waals surface area contributed by atoms with Gasteiger partial charge in [-0.2, -0.15) is 5.10 Å². The van der Waals surface area contributed by atoms with Crippen LogP contribution in [0.2, 0.25) is 5.02 Å². The highest BCUT2D eigenvalue weighted by atomic mass is 35.5. The highest BCUT2D eigenvalue weighted by Gasteiger charge is 2.15. The van der Waals surface area contributed by atoms with E-state index >= 15 is 0 Å². The van der Waals surface area contributed by atoms with Gasteiger partial charge >= 0.3 is 0 Å². The van der Waals surface area contributed by atoms with Crippen molar-refractivity contribution in [2.45, 2.75) is 26.9 Å². The number of benzene rings is 3. The Morgan fingerprint density at radius 1 is 1.03 bits per heavy atom. The summed E-state index contributed by atoms with van der Waals surface area (Å²) in [5.74, 6) is -0.625. The molecule has 176 valence electrons. The Balaban J connectivity index is 1.36. The first-order valence-corrected chi connectivity index (χ1v) is 11.7. The molecular formula is C28H24ClFN4O. The third-order valence-electron chi connectivity index (χ3n) is 6.36. The summed E-state index contributed by atoms with van der Waals surface area (Å²) in [6, 6.07) is 20.6. The number of rotatable bonds is 6. The number of carbonyl (C=O) groups is 1.